The van der Waals surface area contributed by atoms with Crippen LogP contribution in [0.3, 0.4) is 0 Å². The van der Waals surface area contributed by atoms with Crippen molar-refractivity contribution in [3.63, 3.8) is 0 Å². The highest BCUT2D eigenvalue weighted by Gasteiger charge is 2.34. The van der Waals surface area contributed by atoms with Crippen LogP contribution in [0.5, 0.6) is 11.6 Å². The highest BCUT2D eigenvalue weighted by molar-refractivity contribution is 5.97. The average Bonchev–Trinajstić information content (AvgIpc) is 3.24. The van der Waals surface area contributed by atoms with Gasteiger partial charge in [-0.25, -0.2) is 14.2 Å². The molecule has 2 amide bonds. The molecule has 0 aliphatic carbocycles. The van der Waals surface area contributed by atoms with E-state index in [0.717, 1.165) is 5.39 Å². The van der Waals surface area contributed by atoms with E-state index in [1.54, 1.807) is 30.3 Å². The van der Waals surface area contributed by atoms with E-state index in [4.69, 9.17) is 14.2 Å². The molecule has 10 nitrogen and oxygen atoms in total. The number of anilines is 2. The van der Waals surface area contributed by atoms with Gasteiger partial charge >= 0.3 is 6.09 Å². The highest BCUT2D eigenvalue weighted by Crippen LogP contribution is 2.34. The van der Waals surface area contributed by atoms with Crippen molar-refractivity contribution >= 4 is 34.3 Å². The van der Waals surface area contributed by atoms with Crippen molar-refractivity contribution < 1.29 is 33.3 Å². The number of nitrogens with zero attached hydrogens (tertiary/aromatic N) is 2. The van der Waals surface area contributed by atoms with Crippen molar-refractivity contribution in [1.82, 2.24) is 10.3 Å². The zero-order chi connectivity index (χ0) is 25.2. The Bertz CT molecular complexity index is 1320. The first kappa shape index (κ1) is 23.8. The van der Waals surface area contributed by atoms with Gasteiger partial charge in [0.05, 0.1) is 31.0 Å². The number of rotatable bonds is 8. The van der Waals surface area contributed by atoms with Gasteiger partial charge in [0.15, 0.2) is 6.61 Å². The Kier molecular flexibility index (Phi) is 6.57. The molecule has 3 heterocycles. The smallest absolute Gasteiger partial charge is 0.414 e. The molecule has 2 aliphatic heterocycles. The maximum Gasteiger partial charge on any atom is 0.414 e. The van der Waals surface area contributed by atoms with E-state index in [0.29, 0.717) is 34.1 Å². The molecule has 188 valence electrons. The summed E-state index contributed by atoms with van der Waals surface area (Å²) < 4.78 is 30.4. The first-order chi connectivity index (χ1) is 17.4. The Balaban J connectivity index is 1.17. The van der Waals surface area contributed by atoms with E-state index < -0.39 is 24.1 Å². The summed E-state index contributed by atoms with van der Waals surface area (Å²) in [5, 5.41) is 17.1. The van der Waals surface area contributed by atoms with E-state index in [2.05, 4.69) is 15.6 Å². The molecular weight excluding hydrogens is 471 g/mol. The molecule has 0 spiro atoms. The van der Waals surface area contributed by atoms with E-state index >= 15 is 0 Å². The zero-order valence-corrected chi connectivity index (χ0v) is 19.5. The van der Waals surface area contributed by atoms with Gasteiger partial charge in [0, 0.05) is 42.2 Å². The maximum atomic E-state index is 14.5. The van der Waals surface area contributed by atoms with Crippen molar-refractivity contribution in [2.75, 3.05) is 37.0 Å². The number of nitrogens with one attached hydrogen (secondary N) is 2. The first-order valence-corrected chi connectivity index (χ1v) is 11.5. The Morgan fingerprint density at radius 1 is 1.28 bits per heavy atom. The van der Waals surface area contributed by atoms with Crippen LogP contribution in [0.2, 0.25) is 0 Å². The van der Waals surface area contributed by atoms with Crippen molar-refractivity contribution in [3.8, 4) is 11.6 Å². The van der Waals surface area contributed by atoms with Crippen LogP contribution in [0.1, 0.15) is 12.0 Å². The lowest BCUT2D eigenvalue weighted by atomic mass is 10.1. The van der Waals surface area contributed by atoms with Crippen molar-refractivity contribution in [3.05, 3.63) is 53.8 Å². The third-order valence-electron chi connectivity index (χ3n) is 6.09. The second kappa shape index (κ2) is 9.96. The molecule has 5 rings (SSSR count). The number of hydrogen-bond acceptors (Lipinski definition) is 8. The molecule has 0 saturated carbocycles. The number of carbonyl (C=O) groups is 2. The van der Waals surface area contributed by atoms with Gasteiger partial charge in [0.2, 0.25) is 5.88 Å². The van der Waals surface area contributed by atoms with Gasteiger partial charge in [0.1, 0.15) is 17.7 Å². The normalized spacial score (nSPS) is 17.9. The third kappa shape index (κ3) is 4.88. The number of aliphatic hydroxyl groups excluding tert-OH is 1. The minimum absolute atomic E-state index is 0.0516. The molecule has 2 unspecified atom stereocenters. The van der Waals surface area contributed by atoms with Gasteiger partial charge in [0.25, 0.3) is 5.91 Å². The van der Waals surface area contributed by atoms with E-state index in [1.165, 1.54) is 18.1 Å². The molecule has 0 bridgehead atoms. The monoisotopic (exact) mass is 496 g/mol. The number of carbonyl (C=O) groups excluding carboxylic acids is 2. The zero-order valence-electron chi connectivity index (χ0n) is 19.5. The molecule has 36 heavy (non-hydrogen) atoms. The summed E-state index contributed by atoms with van der Waals surface area (Å²) in [6, 6.07) is 11.6. The van der Waals surface area contributed by atoms with E-state index in [-0.39, 0.29) is 38.6 Å². The number of benzene rings is 2. The number of cyclic esters (lactones) is 1. The number of amides is 2. The lowest BCUT2D eigenvalue weighted by Gasteiger charge is -2.21. The fourth-order valence-corrected chi connectivity index (χ4v) is 4.33. The van der Waals surface area contributed by atoms with Crippen LogP contribution < -0.4 is 25.0 Å². The van der Waals surface area contributed by atoms with E-state index in [9.17, 15) is 19.1 Å². The summed E-state index contributed by atoms with van der Waals surface area (Å²) in [5.74, 6) is 0.240. The average molecular weight is 496 g/mol. The number of pyridine rings is 1. The standard InChI is InChI=1S/C25H25FN4O6/c1-34-23-7-3-14-2-5-19(26)18(24(14)29-23)11-27-10-16(31)9-17-12-30(25(33)36-17)15-4-6-21-20(8-15)28-22(32)13-35-21/h2-8,16-17,27,31H,9-13H2,1H3,(H,28,32). The number of fused-ring (bicyclic) bond motifs is 2. The summed E-state index contributed by atoms with van der Waals surface area (Å²) in [5.41, 5.74) is 1.90. The minimum atomic E-state index is -0.834. The van der Waals surface area contributed by atoms with Gasteiger partial charge in [-0.3, -0.25) is 9.69 Å². The predicted molar refractivity (Wildman–Crippen MR) is 129 cm³/mol. The second-order valence-electron chi connectivity index (χ2n) is 8.61. The van der Waals surface area contributed by atoms with Crippen LogP contribution in [0.25, 0.3) is 10.9 Å². The number of halogens is 1. The predicted octanol–water partition coefficient (Wildman–Crippen LogP) is 2.58. The summed E-state index contributed by atoms with van der Waals surface area (Å²) in [6.45, 7) is 0.505. The highest BCUT2D eigenvalue weighted by atomic mass is 19.1. The molecule has 2 aliphatic rings. The molecule has 11 heteroatoms. The molecule has 1 saturated heterocycles. The van der Waals surface area contributed by atoms with Gasteiger partial charge in [-0.2, -0.15) is 0 Å². The Hall–Kier alpha value is -3.96. The van der Waals surface area contributed by atoms with Crippen molar-refractivity contribution in [2.45, 2.75) is 25.2 Å². The topological polar surface area (TPSA) is 122 Å². The van der Waals surface area contributed by atoms with E-state index in [1.807, 2.05) is 6.07 Å². The number of methoxy groups -OCH3 is 1. The molecule has 3 aromatic rings. The van der Waals surface area contributed by atoms with Crippen LogP contribution >= 0.6 is 0 Å². The summed E-state index contributed by atoms with van der Waals surface area (Å²) in [7, 11) is 1.50. The van der Waals surface area contributed by atoms with Crippen LogP contribution in [-0.4, -0.2) is 61.1 Å². The van der Waals surface area contributed by atoms with Crippen LogP contribution in [0.4, 0.5) is 20.6 Å². The summed E-state index contributed by atoms with van der Waals surface area (Å²) >= 11 is 0. The largest absolute Gasteiger partial charge is 0.482 e. The molecule has 2 atom stereocenters. The molecular formula is C25H25FN4O6. The molecule has 1 aromatic heterocycles. The fourth-order valence-electron chi connectivity index (χ4n) is 4.33. The van der Waals surface area contributed by atoms with Gasteiger partial charge in [-0.05, 0) is 36.4 Å². The van der Waals surface area contributed by atoms with Gasteiger partial charge < -0.3 is 30.0 Å². The fraction of sp³-hybridized carbons (Fsp3) is 0.320. The summed E-state index contributed by atoms with van der Waals surface area (Å²) in [4.78, 5) is 29.8. The van der Waals surface area contributed by atoms with Gasteiger partial charge in [-0.15, -0.1) is 0 Å². The van der Waals surface area contributed by atoms with Crippen molar-refractivity contribution in [2.24, 2.45) is 0 Å². The maximum absolute atomic E-state index is 14.5. The van der Waals surface area contributed by atoms with Crippen LogP contribution in [0.15, 0.2) is 42.5 Å². The lowest BCUT2D eigenvalue weighted by molar-refractivity contribution is -0.118. The Morgan fingerprint density at radius 3 is 2.94 bits per heavy atom. The second-order valence-corrected chi connectivity index (χ2v) is 8.61. The van der Waals surface area contributed by atoms with Crippen LogP contribution in [0, 0.1) is 5.82 Å². The molecule has 3 N–H and O–H groups in total. The van der Waals surface area contributed by atoms with Crippen LogP contribution in [-0.2, 0) is 16.1 Å². The number of aliphatic hydroxyl groups is 1. The Labute approximate surface area is 206 Å². The third-order valence-corrected chi connectivity index (χ3v) is 6.09. The number of ether oxygens (including phenoxy) is 3. The molecule has 1 fully saturated rings. The lowest BCUT2D eigenvalue weighted by Crippen LogP contribution is -2.32. The Morgan fingerprint density at radius 2 is 2.11 bits per heavy atom. The minimum Gasteiger partial charge on any atom is -0.482 e. The number of aromatic nitrogens is 1. The first-order valence-electron chi connectivity index (χ1n) is 11.5. The quantitative estimate of drug-likeness (QED) is 0.435. The molecule has 0 radical (unpaired) electrons. The number of hydrogen-bond donors (Lipinski definition) is 3. The SMILES string of the molecule is COc1ccc2ccc(F)c(CNCC(O)CC3CN(c4ccc5c(c4)NC(=O)CO5)C(=O)O3)c2n1. The molecule has 2 aromatic carbocycles. The van der Waals surface area contributed by atoms with Crippen molar-refractivity contribution in [1.29, 1.82) is 0 Å². The summed E-state index contributed by atoms with van der Waals surface area (Å²) in [6.07, 6.45) is -1.71. The van der Waals surface area contributed by atoms with Gasteiger partial charge in [-0.1, -0.05) is 0 Å².